The van der Waals surface area contributed by atoms with Gasteiger partial charge in [0.15, 0.2) is 0 Å². The van der Waals surface area contributed by atoms with Crippen LogP contribution >= 0.6 is 12.4 Å². The summed E-state index contributed by atoms with van der Waals surface area (Å²) in [5.74, 6) is 0.563. The molecular weight excluding hydrogens is 354 g/mol. The van der Waals surface area contributed by atoms with Crippen LogP contribution < -0.4 is 15.4 Å². The minimum Gasteiger partial charge on any atom is -0.496 e. The zero-order valence-electron chi connectivity index (χ0n) is 16.2. The summed E-state index contributed by atoms with van der Waals surface area (Å²) >= 11 is 0. The molecule has 1 fully saturated rings. The van der Waals surface area contributed by atoms with E-state index in [4.69, 9.17) is 4.74 Å². The Morgan fingerprint density at radius 2 is 1.96 bits per heavy atom. The molecule has 1 aromatic carbocycles. The molecule has 1 heterocycles. The van der Waals surface area contributed by atoms with Crippen molar-refractivity contribution in [2.24, 2.45) is 5.41 Å². The molecule has 0 aromatic heterocycles. The minimum atomic E-state index is -0.568. The van der Waals surface area contributed by atoms with E-state index in [0.29, 0.717) is 13.1 Å². The number of nitrogens with zero attached hydrogens (tertiary/aromatic N) is 1. The van der Waals surface area contributed by atoms with E-state index in [0.717, 1.165) is 17.9 Å². The second kappa shape index (κ2) is 9.24. The van der Waals surface area contributed by atoms with Crippen LogP contribution in [0.4, 0.5) is 0 Å². The zero-order chi connectivity index (χ0) is 18.6. The molecule has 2 unspecified atom stereocenters. The fraction of sp³-hybridized carbons (Fsp3) is 0.579. The van der Waals surface area contributed by atoms with Crippen molar-refractivity contribution in [3.8, 4) is 5.75 Å². The van der Waals surface area contributed by atoms with Gasteiger partial charge < -0.3 is 20.3 Å². The SMILES string of the molecule is COc1ccccc1C1CNCCN1C(=O)C(C)NC(=O)C(C)(C)C.Cl. The molecule has 2 N–H and O–H groups in total. The summed E-state index contributed by atoms with van der Waals surface area (Å²) in [6, 6.07) is 7.05. The summed E-state index contributed by atoms with van der Waals surface area (Å²) in [6.07, 6.45) is 0. The van der Waals surface area contributed by atoms with Gasteiger partial charge in [0, 0.05) is 30.6 Å². The van der Waals surface area contributed by atoms with Gasteiger partial charge in [-0.05, 0) is 13.0 Å². The van der Waals surface area contributed by atoms with Gasteiger partial charge in [-0.15, -0.1) is 12.4 Å². The van der Waals surface area contributed by atoms with E-state index in [-0.39, 0.29) is 30.3 Å². The third-order valence-corrected chi connectivity index (χ3v) is 4.42. The number of hydrogen-bond acceptors (Lipinski definition) is 4. The molecule has 1 saturated heterocycles. The lowest BCUT2D eigenvalue weighted by molar-refractivity contribution is -0.140. The van der Waals surface area contributed by atoms with Gasteiger partial charge in [0.2, 0.25) is 11.8 Å². The molecular formula is C19H30ClN3O3. The molecule has 146 valence electrons. The molecule has 26 heavy (non-hydrogen) atoms. The van der Waals surface area contributed by atoms with Gasteiger partial charge in [-0.3, -0.25) is 9.59 Å². The number of para-hydroxylation sites is 1. The first kappa shape index (κ1) is 22.3. The second-order valence-corrected chi connectivity index (χ2v) is 7.44. The van der Waals surface area contributed by atoms with Crippen LogP contribution in [0.3, 0.4) is 0 Å². The molecule has 7 heteroatoms. The van der Waals surface area contributed by atoms with Crippen molar-refractivity contribution in [1.29, 1.82) is 0 Å². The van der Waals surface area contributed by atoms with Crippen molar-refractivity contribution in [2.75, 3.05) is 26.7 Å². The molecule has 2 atom stereocenters. The van der Waals surface area contributed by atoms with Crippen molar-refractivity contribution >= 4 is 24.2 Å². The molecule has 0 spiro atoms. The maximum Gasteiger partial charge on any atom is 0.245 e. The highest BCUT2D eigenvalue weighted by atomic mass is 35.5. The highest BCUT2D eigenvalue weighted by molar-refractivity contribution is 5.89. The second-order valence-electron chi connectivity index (χ2n) is 7.44. The number of ether oxygens (including phenoxy) is 1. The van der Waals surface area contributed by atoms with Gasteiger partial charge in [0.1, 0.15) is 11.8 Å². The van der Waals surface area contributed by atoms with Crippen LogP contribution in [0.25, 0.3) is 0 Å². The van der Waals surface area contributed by atoms with Crippen LogP contribution in [-0.4, -0.2) is 49.5 Å². The van der Waals surface area contributed by atoms with Gasteiger partial charge >= 0.3 is 0 Å². The molecule has 1 aromatic rings. The van der Waals surface area contributed by atoms with Crippen molar-refractivity contribution in [3.63, 3.8) is 0 Å². The molecule has 0 bridgehead atoms. The first-order valence-electron chi connectivity index (χ1n) is 8.70. The maximum absolute atomic E-state index is 13.0. The average molecular weight is 384 g/mol. The standard InChI is InChI=1S/C19H29N3O3.ClH/c1-13(21-18(24)19(2,3)4)17(23)22-11-10-20-12-15(22)14-8-6-7-9-16(14)25-5;/h6-9,13,15,20H,10-12H2,1-5H3,(H,21,24);1H. The lowest BCUT2D eigenvalue weighted by atomic mass is 9.95. The van der Waals surface area contributed by atoms with Crippen LogP contribution in [0, 0.1) is 5.41 Å². The number of halogens is 1. The van der Waals surface area contributed by atoms with Crippen LogP contribution in [0.15, 0.2) is 24.3 Å². The average Bonchev–Trinajstić information content (AvgIpc) is 2.60. The third-order valence-electron chi connectivity index (χ3n) is 4.42. The van der Waals surface area contributed by atoms with Gasteiger partial charge in [0.05, 0.1) is 13.2 Å². The Morgan fingerprint density at radius 3 is 2.58 bits per heavy atom. The molecule has 0 radical (unpaired) electrons. The number of benzene rings is 1. The van der Waals surface area contributed by atoms with E-state index in [1.165, 1.54) is 0 Å². The van der Waals surface area contributed by atoms with E-state index >= 15 is 0 Å². The quantitative estimate of drug-likeness (QED) is 0.835. The number of carbonyl (C=O) groups excluding carboxylic acids is 2. The fourth-order valence-electron chi connectivity index (χ4n) is 2.91. The first-order chi connectivity index (χ1) is 11.8. The van der Waals surface area contributed by atoms with E-state index in [9.17, 15) is 9.59 Å². The number of rotatable bonds is 4. The van der Waals surface area contributed by atoms with Crippen LogP contribution in [-0.2, 0) is 9.59 Å². The zero-order valence-corrected chi connectivity index (χ0v) is 17.0. The van der Waals surface area contributed by atoms with Crippen molar-refractivity contribution in [3.05, 3.63) is 29.8 Å². The van der Waals surface area contributed by atoms with Gasteiger partial charge in [-0.25, -0.2) is 0 Å². The Morgan fingerprint density at radius 1 is 1.31 bits per heavy atom. The lowest BCUT2D eigenvalue weighted by Gasteiger charge is -2.38. The third kappa shape index (κ3) is 5.11. The van der Waals surface area contributed by atoms with Gasteiger partial charge in [0.25, 0.3) is 0 Å². The number of carbonyl (C=O) groups is 2. The summed E-state index contributed by atoms with van der Waals surface area (Å²) < 4.78 is 5.46. The van der Waals surface area contributed by atoms with Crippen molar-refractivity contribution in [1.82, 2.24) is 15.5 Å². The molecule has 1 aliphatic heterocycles. The highest BCUT2D eigenvalue weighted by Crippen LogP contribution is 2.30. The maximum atomic E-state index is 13.0. The van der Waals surface area contributed by atoms with Crippen LogP contribution in [0.1, 0.15) is 39.3 Å². The molecule has 2 rings (SSSR count). The van der Waals surface area contributed by atoms with Gasteiger partial charge in [-0.2, -0.15) is 0 Å². The smallest absolute Gasteiger partial charge is 0.245 e. The summed E-state index contributed by atoms with van der Waals surface area (Å²) in [5.41, 5.74) is 0.444. The lowest BCUT2D eigenvalue weighted by Crippen LogP contribution is -2.55. The topological polar surface area (TPSA) is 70.7 Å². The van der Waals surface area contributed by atoms with Crippen LogP contribution in [0.2, 0.25) is 0 Å². The molecule has 1 aliphatic rings. The summed E-state index contributed by atoms with van der Waals surface area (Å²) in [7, 11) is 1.63. The monoisotopic (exact) mass is 383 g/mol. The van der Waals surface area contributed by atoms with Crippen molar-refractivity contribution < 1.29 is 14.3 Å². The molecule has 0 saturated carbocycles. The van der Waals surface area contributed by atoms with E-state index < -0.39 is 11.5 Å². The fourth-order valence-corrected chi connectivity index (χ4v) is 2.91. The Bertz CT molecular complexity index is 631. The Kier molecular flexibility index (Phi) is 7.90. The Labute approximate surface area is 162 Å². The summed E-state index contributed by atoms with van der Waals surface area (Å²) in [6.45, 7) is 9.24. The largest absolute Gasteiger partial charge is 0.496 e. The normalized spacial score (nSPS) is 18.5. The Balaban J connectivity index is 0.00000338. The predicted octanol–water partition coefficient (Wildman–Crippen LogP) is 2.14. The number of amides is 2. The first-order valence-corrected chi connectivity index (χ1v) is 8.70. The summed E-state index contributed by atoms with van der Waals surface area (Å²) in [5, 5.41) is 6.17. The van der Waals surface area contributed by atoms with Crippen molar-refractivity contribution in [2.45, 2.75) is 39.8 Å². The van der Waals surface area contributed by atoms with E-state index in [2.05, 4.69) is 10.6 Å². The Hall–Kier alpha value is -1.79. The number of piperazine rings is 1. The number of hydrogen-bond donors (Lipinski definition) is 2. The van der Waals surface area contributed by atoms with E-state index in [1.807, 2.05) is 49.9 Å². The van der Waals surface area contributed by atoms with Crippen LogP contribution in [0.5, 0.6) is 5.75 Å². The molecule has 2 amide bonds. The highest BCUT2D eigenvalue weighted by Gasteiger charge is 2.33. The summed E-state index contributed by atoms with van der Waals surface area (Å²) in [4.78, 5) is 27.0. The molecule has 6 nitrogen and oxygen atoms in total. The molecule has 0 aliphatic carbocycles. The van der Waals surface area contributed by atoms with Gasteiger partial charge in [-0.1, -0.05) is 39.0 Å². The van der Waals surface area contributed by atoms with E-state index in [1.54, 1.807) is 14.0 Å². The number of methoxy groups -OCH3 is 1. The predicted molar refractivity (Wildman–Crippen MR) is 105 cm³/mol. The number of nitrogens with one attached hydrogen (secondary N) is 2. The minimum absolute atomic E-state index is 0.